The van der Waals surface area contributed by atoms with Crippen molar-refractivity contribution in [2.24, 2.45) is 0 Å². The van der Waals surface area contributed by atoms with E-state index in [1.165, 1.54) is 5.56 Å². The summed E-state index contributed by atoms with van der Waals surface area (Å²) in [6, 6.07) is 17.2. The van der Waals surface area contributed by atoms with E-state index in [2.05, 4.69) is 19.2 Å². The third-order valence-electron chi connectivity index (χ3n) is 3.48. The second-order valence-electron chi connectivity index (χ2n) is 5.38. The van der Waals surface area contributed by atoms with Crippen LogP contribution in [0.2, 0.25) is 0 Å². The van der Waals surface area contributed by atoms with Crippen molar-refractivity contribution in [3.05, 3.63) is 65.9 Å². The van der Waals surface area contributed by atoms with E-state index in [1.54, 1.807) is 6.07 Å². The molecule has 0 bridgehead atoms. The number of furan rings is 1. The quantitative estimate of drug-likeness (QED) is 0.747. The van der Waals surface area contributed by atoms with Crippen molar-refractivity contribution in [3.63, 3.8) is 0 Å². The number of anilines is 1. The number of amides is 1. The summed E-state index contributed by atoms with van der Waals surface area (Å²) in [6.45, 7) is 4.28. The van der Waals surface area contributed by atoms with E-state index in [4.69, 9.17) is 4.42 Å². The van der Waals surface area contributed by atoms with Gasteiger partial charge in [0, 0.05) is 11.1 Å². The molecule has 3 heteroatoms. The molecule has 0 saturated carbocycles. The molecule has 106 valence electrons. The van der Waals surface area contributed by atoms with Crippen LogP contribution >= 0.6 is 0 Å². The monoisotopic (exact) mass is 279 g/mol. The van der Waals surface area contributed by atoms with E-state index < -0.39 is 0 Å². The summed E-state index contributed by atoms with van der Waals surface area (Å²) < 4.78 is 5.55. The predicted molar refractivity (Wildman–Crippen MR) is 84.7 cm³/mol. The van der Waals surface area contributed by atoms with Gasteiger partial charge in [0.05, 0.1) is 0 Å². The number of carbonyl (C=O) groups excluding carboxylic acids is 1. The molecular formula is C18H17NO2. The van der Waals surface area contributed by atoms with Crippen LogP contribution in [-0.4, -0.2) is 5.91 Å². The molecule has 0 radical (unpaired) electrons. The lowest BCUT2D eigenvalue weighted by Crippen LogP contribution is -2.10. The minimum absolute atomic E-state index is 0.233. The Hall–Kier alpha value is -2.55. The number of rotatable bonds is 3. The van der Waals surface area contributed by atoms with Crippen LogP contribution in [0.15, 0.2) is 59.0 Å². The average Bonchev–Trinajstić information content (AvgIpc) is 2.92. The van der Waals surface area contributed by atoms with Gasteiger partial charge in [-0.15, -0.1) is 0 Å². The highest BCUT2D eigenvalue weighted by Crippen LogP contribution is 2.21. The first kappa shape index (κ1) is 13.4. The summed E-state index contributed by atoms with van der Waals surface area (Å²) in [5.74, 6) is 0.567. The first-order chi connectivity index (χ1) is 10.1. The maximum Gasteiger partial charge on any atom is 0.291 e. The highest BCUT2D eigenvalue weighted by atomic mass is 16.3. The van der Waals surface area contributed by atoms with E-state index in [0.29, 0.717) is 11.7 Å². The maximum atomic E-state index is 12.2. The Morgan fingerprint density at radius 1 is 1.05 bits per heavy atom. The van der Waals surface area contributed by atoms with E-state index in [0.717, 1.165) is 16.7 Å². The van der Waals surface area contributed by atoms with Gasteiger partial charge in [-0.1, -0.05) is 44.2 Å². The van der Waals surface area contributed by atoms with Crippen LogP contribution in [-0.2, 0) is 0 Å². The van der Waals surface area contributed by atoms with Crippen molar-refractivity contribution in [3.8, 4) is 0 Å². The van der Waals surface area contributed by atoms with Gasteiger partial charge in [0.25, 0.3) is 5.91 Å². The van der Waals surface area contributed by atoms with Gasteiger partial charge in [0.15, 0.2) is 5.76 Å². The summed E-state index contributed by atoms with van der Waals surface area (Å²) in [5.41, 5.74) is 2.74. The van der Waals surface area contributed by atoms with Crippen molar-refractivity contribution in [1.29, 1.82) is 0 Å². The van der Waals surface area contributed by atoms with Crippen molar-refractivity contribution in [2.45, 2.75) is 19.8 Å². The smallest absolute Gasteiger partial charge is 0.291 e. The number of para-hydroxylation sites is 1. The number of carbonyl (C=O) groups is 1. The minimum atomic E-state index is -0.233. The van der Waals surface area contributed by atoms with Gasteiger partial charge in [-0.05, 0) is 35.7 Å². The molecule has 0 aliphatic heterocycles. The maximum absolute atomic E-state index is 12.2. The van der Waals surface area contributed by atoms with Crippen molar-refractivity contribution >= 4 is 22.6 Å². The summed E-state index contributed by atoms with van der Waals surface area (Å²) in [7, 11) is 0. The molecule has 0 saturated heterocycles. The summed E-state index contributed by atoms with van der Waals surface area (Å²) in [4.78, 5) is 12.2. The first-order valence-electron chi connectivity index (χ1n) is 7.03. The van der Waals surface area contributed by atoms with Crippen LogP contribution in [0.25, 0.3) is 11.0 Å². The zero-order valence-corrected chi connectivity index (χ0v) is 12.1. The highest BCUT2D eigenvalue weighted by Gasteiger charge is 2.12. The van der Waals surface area contributed by atoms with Crippen LogP contribution < -0.4 is 5.32 Å². The van der Waals surface area contributed by atoms with Gasteiger partial charge in [-0.2, -0.15) is 0 Å². The molecule has 0 fully saturated rings. The first-order valence-corrected chi connectivity index (χ1v) is 7.03. The molecule has 3 aromatic rings. The Morgan fingerprint density at radius 3 is 2.43 bits per heavy atom. The van der Waals surface area contributed by atoms with E-state index in [1.807, 2.05) is 48.5 Å². The molecule has 0 atom stereocenters. The fourth-order valence-corrected chi connectivity index (χ4v) is 2.24. The fourth-order valence-electron chi connectivity index (χ4n) is 2.24. The van der Waals surface area contributed by atoms with Gasteiger partial charge in [0.1, 0.15) is 5.58 Å². The van der Waals surface area contributed by atoms with Crippen molar-refractivity contribution < 1.29 is 9.21 Å². The molecular weight excluding hydrogens is 262 g/mol. The molecule has 3 rings (SSSR count). The lowest BCUT2D eigenvalue weighted by Gasteiger charge is -2.07. The SMILES string of the molecule is CC(C)c1ccc(NC(=O)c2cc3ccccc3o2)cc1. The third-order valence-corrected chi connectivity index (χ3v) is 3.48. The lowest BCUT2D eigenvalue weighted by atomic mass is 10.0. The topological polar surface area (TPSA) is 42.2 Å². The molecule has 21 heavy (non-hydrogen) atoms. The summed E-state index contributed by atoms with van der Waals surface area (Å²) in [6.07, 6.45) is 0. The second-order valence-corrected chi connectivity index (χ2v) is 5.38. The second kappa shape index (κ2) is 5.44. The molecule has 1 aromatic heterocycles. The zero-order chi connectivity index (χ0) is 14.8. The third kappa shape index (κ3) is 2.82. The molecule has 1 N–H and O–H groups in total. The minimum Gasteiger partial charge on any atom is -0.451 e. The van der Waals surface area contributed by atoms with Crippen molar-refractivity contribution in [1.82, 2.24) is 0 Å². The number of hydrogen-bond donors (Lipinski definition) is 1. The van der Waals surface area contributed by atoms with Gasteiger partial charge >= 0.3 is 0 Å². The van der Waals surface area contributed by atoms with Gasteiger partial charge in [0.2, 0.25) is 0 Å². The van der Waals surface area contributed by atoms with Crippen LogP contribution in [0.4, 0.5) is 5.69 Å². The lowest BCUT2D eigenvalue weighted by molar-refractivity contribution is 0.0998. The van der Waals surface area contributed by atoms with Crippen LogP contribution in [0.5, 0.6) is 0 Å². The number of fused-ring (bicyclic) bond motifs is 1. The summed E-state index contributed by atoms with van der Waals surface area (Å²) in [5, 5.41) is 3.78. The molecule has 1 heterocycles. The van der Waals surface area contributed by atoms with E-state index in [-0.39, 0.29) is 5.91 Å². The Kier molecular flexibility index (Phi) is 3.48. The number of benzene rings is 2. The largest absolute Gasteiger partial charge is 0.451 e. The molecule has 0 aliphatic carbocycles. The Balaban J connectivity index is 1.79. The molecule has 2 aromatic carbocycles. The number of hydrogen-bond acceptors (Lipinski definition) is 2. The van der Waals surface area contributed by atoms with E-state index in [9.17, 15) is 4.79 Å². The standard InChI is InChI=1S/C18H17NO2/c1-12(2)13-7-9-15(10-8-13)19-18(20)17-11-14-5-3-4-6-16(14)21-17/h3-12H,1-2H3,(H,19,20). The van der Waals surface area contributed by atoms with Crippen LogP contribution in [0.3, 0.4) is 0 Å². The predicted octanol–water partition coefficient (Wildman–Crippen LogP) is 4.81. The number of nitrogens with one attached hydrogen (secondary N) is 1. The van der Waals surface area contributed by atoms with Gasteiger partial charge < -0.3 is 9.73 Å². The molecule has 0 aliphatic rings. The van der Waals surface area contributed by atoms with E-state index >= 15 is 0 Å². The van der Waals surface area contributed by atoms with Gasteiger partial charge in [-0.3, -0.25) is 4.79 Å². The Labute approximate surface area is 123 Å². The molecule has 0 unspecified atom stereocenters. The molecule has 1 amide bonds. The van der Waals surface area contributed by atoms with Gasteiger partial charge in [-0.25, -0.2) is 0 Å². The summed E-state index contributed by atoms with van der Waals surface area (Å²) >= 11 is 0. The normalized spacial score (nSPS) is 11.0. The Bertz CT molecular complexity index is 736. The fraction of sp³-hybridized carbons (Fsp3) is 0.167. The zero-order valence-electron chi connectivity index (χ0n) is 12.1. The molecule has 3 nitrogen and oxygen atoms in total. The highest BCUT2D eigenvalue weighted by molar-refractivity contribution is 6.04. The van der Waals surface area contributed by atoms with Crippen LogP contribution in [0, 0.1) is 0 Å². The Morgan fingerprint density at radius 2 is 1.76 bits per heavy atom. The average molecular weight is 279 g/mol. The molecule has 0 spiro atoms. The van der Waals surface area contributed by atoms with Crippen LogP contribution in [0.1, 0.15) is 35.9 Å². The van der Waals surface area contributed by atoms with Crippen molar-refractivity contribution in [2.75, 3.05) is 5.32 Å².